The monoisotopic (exact) mass is 224 g/mol. The SMILES string of the molecule is OCc1ccc(-c2ccnc3[nH]ccc23)cc1. The van der Waals surface area contributed by atoms with Gasteiger partial charge >= 0.3 is 0 Å². The maximum atomic E-state index is 9.02. The molecule has 3 nitrogen and oxygen atoms in total. The number of aromatic nitrogens is 2. The van der Waals surface area contributed by atoms with Gasteiger partial charge in [-0.1, -0.05) is 24.3 Å². The Bertz CT molecular complexity index is 641. The molecule has 0 unspecified atom stereocenters. The molecule has 0 aliphatic rings. The lowest BCUT2D eigenvalue weighted by Gasteiger charge is -2.04. The van der Waals surface area contributed by atoms with E-state index in [1.165, 1.54) is 0 Å². The van der Waals surface area contributed by atoms with Crippen molar-refractivity contribution in [1.82, 2.24) is 9.97 Å². The number of aromatic amines is 1. The third-order valence-electron chi connectivity index (χ3n) is 2.91. The molecule has 2 N–H and O–H groups in total. The number of H-pyrrole nitrogens is 1. The molecule has 3 rings (SSSR count). The van der Waals surface area contributed by atoms with Crippen molar-refractivity contribution in [2.45, 2.75) is 6.61 Å². The highest BCUT2D eigenvalue weighted by molar-refractivity contribution is 5.92. The van der Waals surface area contributed by atoms with Crippen LogP contribution in [0.2, 0.25) is 0 Å². The first kappa shape index (κ1) is 10.1. The normalized spacial score (nSPS) is 10.9. The van der Waals surface area contributed by atoms with E-state index >= 15 is 0 Å². The minimum atomic E-state index is 0.0796. The van der Waals surface area contributed by atoms with Crippen LogP contribution in [0.25, 0.3) is 22.2 Å². The molecular weight excluding hydrogens is 212 g/mol. The molecule has 0 aliphatic heterocycles. The summed E-state index contributed by atoms with van der Waals surface area (Å²) in [5, 5.41) is 10.1. The third kappa shape index (κ3) is 1.70. The molecule has 2 aromatic heterocycles. The van der Waals surface area contributed by atoms with E-state index in [0.717, 1.165) is 27.7 Å². The summed E-state index contributed by atoms with van der Waals surface area (Å²) in [5.41, 5.74) is 4.11. The van der Waals surface area contributed by atoms with Gasteiger partial charge in [-0.15, -0.1) is 0 Å². The summed E-state index contributed by atoms with van der Waals surface area (Å²) in [6, 6.07) is 11.9. The molecule has 17 heavy (non-hydrogen) atoms. The van der Waals surface area contributed by atoms with Crippen LogP contribution >= 0.6 is 0 Å². The minimum absolute atomic E-state index is 0.0796. The fourth-order valence-electron chi connectivity index (χ4n) is 2.00. The Morgan fingerprint density at radius 2 is 1.88 bits per heavy atom. The largest absolute Gasteiger partial charge is 0.392 e. The van der Waals surface area contributed by atoms with E-state index in [9.17, 15) is 0 Å². The fraction of sp³-hybridized carbons (Fsp3) is 0.0714. The quantitative estimate of drug-likeness (QED) is 0.703. The Morgan fingerprint density at radius 3 is 2.65 bits per heavy atom. The maximum Gasteiger partial charge on any atom is 0.137 e. The number of aliphatic hydroxyl groups excluding tert-OH is 1. The van der Waals surface area contributed by atoms with Crippen LogP contribution in [0.5, 0.6) is 0 Å². The van der Waals surface area contributed by atoms with E-state index < -0.39 is 0 Å². The van der Waals surface area contributed by atoms with Crippen LogP contribution in [-0.2, 0) is 6.61 Å². The van der Waals surface area contributed by atoms with Gasteiger partial charge in [0, 0.05) is 17.8 Å². The Morgan fingerprint density at radius 1 is 1.06 bits per heavy atom. The maximum absolute atomic E-state index is 9.02. The summed E-state index contributed by atoms with van der Waals surface area (Å²) in [7, 11) is 0. The zero-order valence-electron chi connectivity index (χ0n) is 9.22. The number of rotatable bonds is 2. The second kappa shape index (κ2) is 4.03. The van der Waals surface area contributed by atoms with Crippen molar-refractivity contribution in [3.63, 3.8) is 0 Å². The fourth-order valence-corrected chi connectivity index (χ4v) is 2.00. The summed E-state index contributed by atoms with van der Waals surface area (Å²) in [5.74, 6) is 0. The molecule has 0 amide bonds. The first-order chi connectivity index (χ1) is 8.38. The van der Waals surface area contributed by atoms with Gasteiger partial charge in [0.05, 0.1) is 6.61 Å². The van der Waals surface area contributed by atoms with Gasteiger partial charge in [0.2, 0.25) is 0 Å². The Balaban J connectivity index is 2.16. The number of nitrogens with zero attached hydrogens (tertiary/aromatic N) is 1. The molecule has 0 saturated carbocycles. The van der Waals surface area contributed by atoms with E-state index in [0.29, 0.717) is 0 Å². The average Bonchev–Trinajstić information content (AvgIpc) is 2.87. The lowest BCUT2D eigenvalue weighted by Crippen LogP contribution is -1.85. The van der Waals surface area contributed by atoms with E-state index in [-0.39, 0.29) is 6.61 Å². The van der Waals surface area contributed by atoms with Crippen molar-refractivity contribution in [2.75, 3.05) is 0 Å². The number of aliphatic hydroxyl groups is 1. The molecule has 2 heterocycles. The molecule has 0 spiro atoms. The molecule has 0 saturated heterocycles. The van der Waals surface area contributed by atoms with Crippen molar-refractivity contribution in [3.05, 3.63) is 54.4 Å². The van der Waals surface area contributed by atoms with Gasteiger partial charge in [-0.05, 0) is 28.8 Å². The first-order valence-corrected chi connectivity index (χ1v) is 5.51. The van der Waals surface area contributed by atoms with Gasteiger partial charge in [-0.25, -0.2) is 4.98 Å². The smallest absolute Gasteiger partial charge is 0.137 e. The topological polar surface area (TPSA) is 48.9 Å². The second-order valence-electron chi connectivity index (χ2n) is 3.95. The average molecular weight is 224 g/mol. The summed E-state index contributed by atoms with van der Waals surface area (Å²) >= 11 is 0. The van der Waals surface area contributed by atoms with E-state index in [4.69, 9.17) is 5.11 Å². The highest BCUT2D eigenvalue weighted by Crippen LogP contribution is 2.26. The van der Waals surface area contributed by atoms with Crippen LogP contribution in [0, 0.1) is 0 Å². The molecule has 84 valence electrons. The van der Waals surface area contributed by atoms with Crippen molar-refractivity contribution in [2.24, 2.45) is 0 Å². The van der Waals surface area contributed by atoms with Gasteiger partial charge in [0.15, 0.2) is 0 Å². The number of hydrogen-bond donors (Lipinski definition) is 2. The standard InChI is InChI=1S/C14H12N2O/c17-9-10-1-3-11(4-2-10)12-5-7-15-14-13(12)6-8-16-14/h1-8,17H,9H2,(H,15,16). The predicted octanol–water partition coefficient (Wildman–Crippen LogP) is 2.72. The van der Waals surface area contributed by atoms with E-state index in [1.54, 1.807) is 6.20 Å². The highest BCUT2D eigenvalue weighted by atomic mass is 16.3. The van der Waals surface area contributed by atoms with Gasteiger partial charge < -0.3 is 10.1 Å². The Kier molecular flexibility index (Phi) is 2.38. The van der Waals surface area contributed by atoms with Gasteiger partial charge in [-0.3, -0.25) is 0 Å². The number of benzene rings is 1. The molecule has 0 fully saturated rings. The molecule has 0 aliphatic carbocycles. The molecule has 1 aromatic carbocycles. The second-order valence-corrected chi connectivity index (χ2v) is 3.95. The molecular formula is C14H12N2O. The number of fused-ring (bicyclic) bond motifs is 1. The zero-order valence-corrected chi connectivity index (χ0v) is 9.22. The number of hydrogen-bond acceptors (Lipinski definition) is 2. The number of nitrogens with one attached hydrogen (secondary N) is 1. The Hall–Kier alpha value is -2.13. The van der Waals surface area contributed by atoms with Gasteiger partial charge in [0.25, 0.3) is 0 Å². The van der Waals surface area contributed by atoms with Gasteiger partial charge in [0.1, 0.15) is 5.65 Å². The van der Waals surface area contributed by atoms with Crippen molar-refractivity contribution >= 4 is 11.0 Å². The minimum Gasteiger partial charge on any atom is -0.392 e. The van der Waals surface area contributed by atoms with Crippen LogP contribution < -0.4 is 0 Å². The predicted molar refractivity (Wildman–Crippen MR) is 67.5 cm³/mol. The highest BCUT2D eigenvalue weighted by Gasteiger charge is 2.04. The molecule has 0 radical (unpaired) electrons. The first-order valence-electron chi connectivity index (χ1n) is 5.51. The molecule has 0 bridgehead atoms. The lowest BCUT2D eigenvalue weighted by molar-refractivity contribution is 0.282. The van der Waals surface area contributed by atoms with E-state index in [2.05, 4.69) is 9.97 Å². The molecule has 0 atom stereocenters. The van der Waals surface area contributed by atoms with Crippen molar-refractivity contribution in [3.8, 4) is 11.1 Å². The molecule has 3 aromatic rings. The summed E-state index contributed by atoms with van der Waals surface area (Å²) in [6.45, 7) is 0.0796. The lowest BCUT2D eigenvalue weighted by atomic mass is 10.0. The summed E-state index contributed by atoms with van der Waals surface area (Å²) in [4.78, 5) is 7.37. The molecule has 3 heteroatoms. The van der Waals surface area contributed by atoms with Crippen molar-refractivity contribution < 1.29 is 5.11 Å². The number of pyridine rings is 1. The van der Waals surface area contributed by atoms with Gasteiger partial charge in [-0.2, -0.15) is 0 Å². The Labute approximate surface area is 98.8 Å². The van der Waals surface area contributed by atoms with Crippen LogP contribution in [0.3, 0.4) is 0 Å². The van der Waals surface area contributed by atoms with Crippen LogP contribution in [0.4, 0.5) is 0 Å². The van der Waals surface area contributed by atoms with Crippen molar-refractivity contribution in [1.29, 1.82) is 0 Å². The van der Waals surface area contributed by atoms with Crippen LogP contribution in [0.15, 0.2) is 48.8 Å². The third-order valence-corrected chi connectivity index (χ3v) is 2.91. The summed E-state index contributed by atoms with van der Waals surface area (Å²) in [6.07, 6.45) is 3.69. The van der Waals surface area contributed by atoms with E-state index in [1.807, 2.05) is 42.6 Å². The van der Waals surface area contributed by atoms with Crippen LogP contribution in [0.1, 0.15) is 5.56 Å². The van der Waals surface area contributed by atoms with Crippen LogP contribution in [-0.4, -0.2) is 15.1 Å². The summed E-state index contributed by atoms with van der Waals surface area (Å²) < 4.78 is 0. The zero-order chi connectivity index (χ0) is 11.7.